The van der Waals surface area contributed by atoms with Crippen LogP contribution in [0.5, 0.6) is 5.75 Å². The lowest BCUT2D eigenvalue weighted by molar-refractivity contribution is 0.474. The summed E-state index contributed by atoms with van der Waals surface area (Å²) in [7, 11) is 0. The molecule has 1 aliphatic carbocycles. The van der Waals surface area contributed by atoms with E-state index < -0.39 is 0 Å². The van der Waals surface area contributed by atoms with Crippen molar-refractivity contribution in [3.8, 4) is 5.75 Å². The van der Waals surface area contributed by atoms with E-state index in [4.69, 9.17) is 4.98 Å². The summed E-state index contributed by atoms with van der Waals surface area (Å²) < 4.78 is 1.03. The zero-order valence-electron chi connectivity index (χ0n) is 12.9. The van der Waals surface area contributed by atoms with Crippen LogP contribution in [0.25, 0.3) is 5.57 Å². The van der Waals surface area contributed by atoms with Gasteiger partial charge in [-0.1, -0.05) is 19.1 Å². The molecule has 3 nitrogen and oxygen atoms in total. The number of fused-ring (bicyclic) bond motifs is 2. The van der Waals surface area contributed by atoms with Crippen molar-refractivity contribution in [1.29, 1.82) is 0 Å². The zero-order chi connectivity index (χ0) is 15.8. The van der Waals surface area contributed by atoms with E-state index in [1.165, 1.54) is 27.8 Å². The number of nitrogens with one attached hydrogen (secondary N) is 1. The molecule has 4 heteroatoms. The lowest BCUT2D eigenvalue weighted by Gasteiger charge is -2.22. The molecular weight excluding hydrogens is 364 g/mol. The van der Waals surface area contributed by atoms with Gasteiger partial charge in [0.15, 0.2) is 0 Å². The van der Waals surface area contributed by atoms with Gasteiger partial charge in [0, 0.05) is 16.2 Å². The first-order valence-corrected chi connectivity index (χ1v) is 8.91. The van der Waals surface area contributed by atoms with Gasteiger partial charge in [0.2, 0.25) is 0 Å². The van der Waals surface area contributed by atoms with Crippen molar-refractivity contribution >= 4 is 21.5 Å². The summed E-state index contributed by atoms with van der Waals surface area (Å²) in [5, 5.41) is 13.3. The molecule has 2 aromatic rings. The second-order valence-corrected chi connectivity index (χ2v) is 7.15. The van der Waals surface area contributed by atoms with E-state index in [1.54, 1.807) is 6.07 Å². The van der Waals surface area contributed by atoms with Gasteiger partial charge < -0.3 is 10.4 Å². The average molecular weight is 387 g/mol. The van der Waals surface area contributed by atoms with Crippen LogP contribution in [0.15, 0.2) is 40.5 Å². The molecule has 2 heterocycles. The highest BCUT2D eigenvalue weighted by Crippen LogP contribution is 2.38. The largest absolute Gasteiger partial charge is 0.508 e. The molecule has 0 radical (unpaired) electrons. The molecule has 2 N–H and O–H groups in total. The summed E-state index contributed by atoms with van der Waals surface area (Å²) in [6.45, 7) is 2.05. The summed E-state index contributed by atoms with van der Waals surface area (Å²) in [5.74, 6) is 0.346. The fourth-order valence-electron chi connectivity index (χ4n) is 3.66. The molecule has 1 saturated heterocycles. The van der Waals surface area contributed by atoms with Crippen molar-refractivity contribution in [2.24, 2.45) is 0 Å². The van der Waals surface area contributed by atoms with Crippen molar-refractivity contribution in [1.82, 2.24) is 10.3 Å². The number of phenols is 1. The zero-order valence-corrected chi connectivity index (χ0v) is 14.5. The van der Waals surface area contributed by atoms with Gasteiger partial charge in [0.05, 0.1) is 5.69 Å². The molecule has 0 saturated carbocycles. The minimum atomic E-state index is 0. The normalized spacial score (nSPS) is 16.7. The number of nitrogens with zero attached hydrogens (tertiary/aromatic N) is 1. The molecule has 0 atom stereocenters. The Bertz CT molecular complexity index is 735. The number of aromatic hydroxyl groups is 1. The third-order valence-electron chi connectivity index (χ3n) is 4.75. The number of halogens is 1. The molecule has 2 aliphatic rings. The van der Waals surface area contributed by atoms with Gasteiger partial charge >= 0.3 is 0 Å². The number of hydrogen-bond acceptors (Lipinski definition) is 3. The Morgan fingerprint density at radius 3 is 2.54 bits per heavy atom. The van der Waals surface area contributed by atoms with Gasteiger partial charge in [-0.15, -0.1) is 0 Å². The van der Waals surface area contributed by atoms with Crippen molar-refractivity contribution in [3.63, 3.8) is 0 Å². The van der Waals surface area contributed by atoms with Crippen molar-refractivity contribution in [2.45, 2.75) is 33.1 Å². The van der Waals surface area contributed by atoms with Crippen LogP contribution in [-0.4, -0.2) is 23.2 Å². The smallest absolute Gasteiger partial charge is 0.115 e. The summed E-state index contributed by atoms with van der Waals surface area (Å²) in [4.78, 5) is 4.77. The standard InChI is InChI=1S/C19H19BrN2O.CH4/c20-15-9-14-2-1-13-10-16(23)3-4-17(13)18(19(14)22-11-15)12-5-7-21-8-6-12;/h3-4,9-11,21,23H,1-2,5-8H2;1H4. The van der Waals surface area contributed by atoms with Crippen molar-refractivity contribution in [2.75, 3.05) is 13.1 Å². The fourth-order valence-corrected chi connectivity index (χ4v) is 4.04. The van der Waals surface area contributed by atoms with E-state index in [2.05, 4.69) is 33.4 Å². The number of aryl methyl sites for hydroxylation is 2. The predicted molar refractivity (Wildman–Crippen MR) is 102 cm³/mol. The molecule has 24 heavy (non-hydrogen) atoms. The lowest BCUT2D eigenvalue weighted by Crippen LogP contribution is -2.24. The summed E-state index contributed by atoms with van der Waals surface area (Å²) >= 11 is 3.55. The number of hydrogen-bond donors (Lipinski definition) is 2. The molecule has 0 unspecified atom stereocenters. The second kappa shape index (κ2) is 7.08. The van der Waals surface area contributed by atoms with Gasteiger partial charge in [-0.3, -0.25) is 4.98 Å². The van der Waals surface area contributed by atoms with Crippen LogP contribution < -0.4 is 5.32 Å². The predicted octanol–water partition coefficient (Wildman–Crippen LogP) is 4.47. The molecule has 4 rings (SSSR count). The third kappa shape index (κ3) is 3.13. The molecule has 1 fully saturated rings. The van der Waals surface area contributed by atoms with Gasteiger partial charge in [-0.2, -0.15) is 0 Å². The van der Waals surface area contributed by atoms with Gasteiger partial charge in [0.25, 0.3) is 0 Å². The van der Waals surface area contributed by atoms with E-state index in [0.29, 0.717) is 5.75 Å². The highest BCUT2D eigenvalue weighted by Gasteiger charge is 2.23. The van der Waals surface area contributed by atoms with Crippen LogP contribution in [0.2, 0.25) is 0 Å². The summed E-state index contributed by atoms with van der Waals surface area (Å²) in [6, 6.07) is 7.96. The maximum atomic E-state index is 9.89. The number of rotatable bonds is 0. The van der Waals surface area contributed by atoms with Gasteiger partial charge in [0.1, 0.15) is 5.75 Å². The van der Waals surface area contributed by atoms with Gasteiger partial charge in [-0.25, -0.2) is 0 Å². The average Bonchev–Trinajstić information content (AvgIpc) is 2.72. The monoisotopic (exact) mass is 386 g/mol. The van der Waals surface area contributed by atoms with Crippen LogP contribution in [0, 0.1) is 0 Å². The van der Waals surface area contributed by atoms with Crippen LogP contribution in [0.1, 0.15) is 42.7 Å². The first-order valence-electron chi connectivity index (χ1n) is 8.12. The SMILES string of the molecule is C.Oc1ccc2c(c1)CCc1cc(Br)cnc1C2=C1CCNCC1. The third-order valence-corrected chi connectivity index (χ3v) is 5.19. The Morgan fingerprint density at radius 1 is 1.00 bits per heavy atom. The van der Waals surface area contributed by atoms with E-state index in [9.17, 15) is 5.11 Å². The first kappa shape index (κ1) is 17.2. The summed E-state index contributed by atoms with van der Waals surface area (Å²) in [5.41, 5.74) is 7.65. The number of pyridine rings is 1. The van der Waals surface area contributed by atoms with Crippen LogP contribution in [0.3, 0.4) is 0 Å². The highest BCUT2D eigenvalue weighted by atomic mass is 79.9. The van der Waals surface area contributed by atoms with Gasteiger partial charge in [-0.05, 0) is 89.6 Å². The Morgan fingerprint density at radius 2 is 1.75 bits per heavy atom. The summed E-state index contributed by atoms with van der Waals surface area (Å²) in [6.07, 6.45) is 5.91. The number of aromatic nitrogens is 1. The van der Waals surface area contributed by atoms with Crippen LogP contribution >= 0.6 is 15.9 Å². The molecule has 0 bridgehead atoms. The van der Waals surface area contributed by atoms with Crippen molar-refractivity contribution < 1.29 is 5.11 Å². The maximum Gasteiger partial charge on any atom is 0.115 e. The molecule has 1 aromatic carbocycles. The Hall–Kier alpha value is -1.65. The topological polar surface area (TPSA) is 45.2 Å². The molecule has 0 amide bonds. The number of phenolic OH excluding ortho intramolecular Hbond substituents is 1. The van der Waals surface area contributed by atoms with E-state index in [-0.39, 0.29) is 7.43 Å². The van der Waals surface area contributed by atoms with E-state index in [0.717, 1.165) is 48.9 Å². The molecule has 126 valence electrons. The van der Waals surface area contributed by atoms with Crippen LogP contribution in [0.4, 0.5) is 0 Å². The van der Waals surface area contributed by atoms with Crippen molar-refractivity contribution in [3.05, 3.63) is 62.9 Å². The molecular formula is C20H23BrN2O. The Kier molecular flexibility index (Phi) is 5.07. The minimum absolute atomic E-state index is 0. The first-order chi connectivity index (χ1) is 11.2. The fraction of sp³-hybridized carbons (Fsp3) is 0.350. The quantitative estimate of drug-likeness (QED) is 0.701. The lowest BCUT2D eigenvalue weighted by atomic mass is 9.89. The van der Waals surface area contributed by atoms with Crippen LogP contribution in [-0.2, 0) is 12.8 Å². The maximum absolute atomic E-state index is 9.89. The molecule has 1 aromatic heterocycles. The number of piperidine rings is 1. The second-order valence-electron chi connectivity index (χ2n) is 6.23. The van der Waals surface area contributed by atoms with E-state index >= 15 is 0 Å². The molecule has 0 spiro atoms. The Balaban J connectivity index is 0.00000169. The highest BCUT2D eigenvalue weighted by molar-refractivity contribution is 9.10. The molecule has 1 aliphatic heterocycles. The minimum Gasteiger partial charge on any atom is -0.508 e. The number of benzene rings is 1. The van der Waals surface area contributed by atoms with E-state index in [1.807, 2.05) is 12.3 Å². The Labute approximate surface area is 152 Å².